The van der Waals surface area contributed by atoms with Gasteiger partial charge in [0.2, 0.25) is 0 Å². The summed E-state index contributed by atoms with van der Waals surface area (Å²) in [5.74, 6) is -1.24. The highest BCUT2D eigenvalue weighted by Gasteiger charge is 2.22. The molecule has 116 valence electrons. The minimum absolute atomic E-state index is 0.0470. The molecule has 2 N–H and O–H groups in total. The van der Waals surface area contributed by atoms with Crippen LogP contribution in [0, 0.1) is 6.92 Å². The SMILES string of the molecule is Cc1cccc(NS(=O)(=O)c2ccc(Cl)nc2Cl)c1C(=O)O. The van der Waals surface area contributed by atoms with Crippen LogP contribution in [0.1, 0.15) is 15.9 Å². The molecule has 0 radical (unpaired) electrons. The molecule has 0 spiro atoms. The molecule has 0 saturated heterocycles. The Kier molecular flexibility index (Phi) is 4.60. The normalized spacial score (nSPS) is 11.2. The largest absolute Gasteiger partial charge is 0.478 e. The molecule has 0 amide bonds. The highest BCUT2D eigenvalue weighted by atomic mass is 35.5. The number of aromatic carboxylic acids is 1. The van der Waals surface area contributed by atoms with Gasteiger partial charge in [0.05, 0.1) is 11.3 Å². The minimum atomic E-state index is -4.10. The number of carboxylic acid groups (broad SMARTS) is 1. The molecular weight excluding hydrogens is 351 g/mol. The Bertz CT molecular complexity index is 853. The Morgan fingerprint density at radius 2 is 1.91 bits per heavy atom. The van der Waals surface area contributed by atoms with Crippen LogP contribution in [0.2, 0.25) is 10.3 Å². The third-order valence-electron chi connectivity index (χ3n) is 2.80. The number of rotatable bonds is 4. The van der Waals surface area contributed by atoms with Gasteiger partial charge in [0.15, 0.2) is 5.15 Å². The predicted octanol–water partition coefficient (Wildman–Crippen LogP) is 3.20. The lowest BCUT2D eigenvalue weighted by Crippen LogP contribution is -2.17. The fourth-order valence-electron chi connectivity index (χ4n) is 1.84. The molecule has 6 nitrogen and oxygen atoms in total. The summed E-state index contributed by atoms with van der Waals surface area (Å²) in [7, 11) is -4.10. The van der Waals surface area contributed by atoms with E-state index in [1.165, 1.54) is 18.2 Å². The fraction of sp³-hybridized carbons (Fsp3) is 0.0769. The molecule has 0 aliphatic heterocycles. The number of carbonyl (C=O) groups is 1. The first kappa shape index (κ1) is 16.5. The zero-order valence-corrected chi connectivity index (χ0v) is 13.5. The monoisotopic (exact) mass is 360 g/mol. The zero-order valence-electron chi connectivity index (χ0n) is 11.2. The quantitative estimate of drug-likeness (QED) is 0.816. The molecule has 2 rings (SSSR count). The van der Waals surface area contributed by atoms with E-state index >= 15 is 0 Å². The molecule has 0 unspecified atom stereocenters. The van der Waals surface area contributed by atoms with Crippen molar-refractivity contribution in [2.24, 2.45) is 0 Å². The van der Waals surface area contributed by atoms with Crippen molar-refractivity contribution in [1.29, 1.82) is 0 Å². The Morgan fingerprint density at radius 3 is 2.50 bits per heavy atom. The number of sulfonamides is 1. The lowest BCUT2D eigenvalue weighted by atomic mass is 10.1. The van der Waals surface area contributed by atoms with Crippen LogP contribution in [0.15, 0.2) is 35.2 Å². The molecule has 1 heterocycles. The summed E-state index contributed by atoms with van der Waals surface area (Å²) in [6.45, 7) is 1.57. The molecule has 1 aromatic carbocycles. The summed E-state index contributed by atoms with van der Waals surface area (Å²) in [6, 6.07) is 6.93. The van der Waals surface area contributed by atoms with Gasteiger partial charge in [-0.1, -0.05) is 35.3 Å². The first-order chi connectivity index (χ1) is 10.2. The molecule has 0 atom stereocenters. The summed E-state index contributed by atoms with van der Waals surface area (Å²) < 4.78 is 26.9. The maximum absolute atomic E-state index is 12.3. The Balaban J connectivity index is 2.50. The van der Waals surface area contributed by atoms with Crippen molar-refractivity contribution >= 4 is 44.9 Å². The summed E-state index contributed by atoms with van der Waals surface area (Å²) in [4.78, 5) is 14.6. The number of aromatic nitrogens is 1. The van der Waals surface area contributed by atoms with E-state index in [9.17, 15) is 18.3 Å². The highest BCUT2D eigenvalue weighted by Crippen LogP contribution is 2.26. The second kappa shape index (κ2) is 6.12. The van der Waals surface area contributed by atoms with Crippen molar-refractivity contribution in [3.05, 3.63) is 51.8 Å². The molecule has 0 aliphatic rings. The molecule has 0 saturated carbocycles. The fourth-order valence-corrected chi connectivity index (χ4v) is 3.57. The van der Waals surface area contributed by atoms with E-state index in [2.05, 4.69) is 9.71 Å². The number of nitrogens with one attached hydrogen (secondary N) is 1. The lowest BCUT2D eigenvalue weighted by Gasteiger charge is -2.12. The molecule has 0 fully saturated rings. The maximum Gasteiger partial charge on any atom is 0.338 e. The van der Waals surface area contributed by atoms with Crippen molar-refractivity contribution < 1.29 is 18.3 Å². The van der Waals surface area contributed by atoms with Crippen molar-refractivity contribution in [3.8, 4) is 0 Å². The summed E-state index contributed by atoms with van der Waals surface area (Å²) in [5, 5.41) is 8.96. The van der Waals surface area contributed by atoms with Crippen molar-refractivity contribution in [2.45, 2.75) is 11.8 Å². The van der Waals surface area contributed by atoms with E-state index in [4.69, 9.17) is 23.2 Å². The number of pyridine rings is 1. The van der Waals surface area contributed by atoms with Gasteiger partial charge in [-0.2, -0.15) is 0 Å². The summed E-state index contributed by atoms with van der Waals surface area (Å²) >= 11 is 11.4. The third kappa shape index (κ3) is 3.32. The lowest BCUT2D eigenvalue weighted by molar-refractivity contribution is 0.0697. The number of nitrogens with zero attached hydrogens (tertiary/aromatic N) is 1. The van der Waals surface area contributed by atoms with Gasteiger partial charge in [0.25, 0.3) is 10.0 Å². The minimum Gasteiger partial charge on any atom is -0.478 e. The van der Waals surface area contributed by atoms with Crippen LogP contribution in [-0.2, 0) is 10.0 Å². The number of hydrogen-bond acceptors (Lipinski definition) is 4. The van der Waals surface area contributed by atoms with Gasteiger partial charge >= 0.3 is 5.97 Å². The number of hydrogen-bond donors (Lipinski definition) is 2. The van der Waals surface area contributed by atoms with Crippen LogP contribution in [-0.4, -0.2) is 24.5 Å². The van der Waals surface area contributed by atoms with Crippen LogP contribution >= 0.6 is 23.2 Å². The average Bonchev–Trinajstić information content (AvgIpc) is 2.36. The number of aryl methyl sites for hydroxylation is 1. The topological polar surface area (TPSA) is 96.4 Å². The van der Waals surface area contributed by atoms with E-state index in [1.807, 2.05) is 0 Å². The maximum atomic E-state index is 12.3. The van der Waals surface area contributed by atoms with Crippen molar-refractivity contribution in [3.63, 3.8) is 0 Å². The predicted molar refractivity (Wildman–Crippen MR) is 83.2 cm³/mol. The molecule has 9 heteroatoms. The van der Waals surface area contributed by atoms with E-state index in [0.717, 1.165) is 0 Å². The van der Waals surface area contributed by atoms with Gasteiger partial charge in [0, 0.05) is 0 Å². The van der Waals surface area contributed by atoms with Crippen molar-refractivity contribution in [1.82, 2.24) is 4.98 Å². The number of benzene rings is 1. The first-order valence-electron chi connectivity index (χ1n) is 5.90. The highest BCUT2D eigenvalue weighted by molar-refractivity contribution is 7.92. The van der Waals surface area contributed by atoms with Gasteiger partial charge in [-0.05, 0) is 30.7 Å². The van der Waals surface area contributed by atoms with Crippen LogP contribution < -0.4 is 4.72 Å². The Morgan fingerprint density at radius 1 is 1.23 bits per heavy atom. The number of halogens is 2. The van der Waals surface area contributed by atoms with Crippen molar-refractivity contribution in [2.75, 3.05) is 4.72 Å². The first-order valence-corrected chi connectivity index (χ1v) is 8.14. The standard InChI is InChI=1S/C13H10Cl2N2O4S/c1-7-3-2-4-8(11(7)13(18)19)17-22(20,21)9-5-6-10(14)16-12(9)15/h2-6,17H,1H3,(H,18,19). The van der Waals surface area contributed by atoms with E-state index in [-0.39, 0.29) is 26.5 Å². The summed E-state index contributed by atoms with van der Waals surface area (Å²) in [5.41, 5.74) is 0.232. The number of anilines is 1. The van der Waals surface area contributed by atoms with Crippen LogP contribution in [0.25, 0.3) is 0 Å². The molecular formula is C13H10Cl2N2O4S. The number of carboxylic acids is 1. The zero-order chi connectivity index (χ0) is 16.5. The van der Waals surface area contributed by atoms with Gasteiger partial charge in [-0.15, -0.1) is 0 Å². The van der Waals surface area contributed by atoms with Gasteiger partial charge in [0.1, 0.15) is 10.0 Å². The Hall–Kier alpha value is -1.83. The molecule has 2 aromatic rings. The molecule has 0 aliphatic carbocycles. The van der Waals surface area contributed by atoms with E-state index in [1.54, 1.807) is 19.1 Å². The summed E-state index contributed by atoms with van der Waals surface area (Å²) in [6.07, 6.45) is 0. The van der Waals surface area contributed by atoms with Gasteiger partial charge in [-0.3, -0.25) is 4.72 Å². The molecule has 22 heavy (non-hydrogen) atoms. The smallest absolute Gasteiger partial charge is 0.338 e. The van der Waals surface area contributed by atoms with Crippen LogP contribution in [0.4, 0.5) is 5.69 Å². The molecule has 0 bridgehead atoms. The van der Waals surface area contributed by atoms with Gasteiger partial charge in [-0.25, -0.2) is 18.2 Å². The third-order valence-corrected chi connectivity index (χ3v) is 4.81. The average molecular weight is 361 g/mol. The second-order valence-corrected chi connectivity index (χ2v) is 6.73. The van der Waals surface area contributed by atoms with Crippen LogP contribution in [0.3, 0.4) is 0 Å². The Labute approximate surface area is 136 Å². The van der Waals surface area contributed by atoms with E-state index in [0.29, 0.717) is 5.56 Å². The van der Waals surface area contributed by atoms with Crippen LogP contribution in [0.5, 0.6) is 0 Å². The van der Waals surface area contributed by atoms with Gasteiger partial charge < -0.3 is 5.11 Å². The van der Waals surface area contributed by atoms with E-state index < -0.39 is 16.0 Å². The second-order valence-electron chi connectivity index (χ2n) is 4.33. The molecule has 1 aromatic heterocycles.